The van der Waals surface area contributed by atoms with Gasteiger partial charge in [0.05, 0.1) is 0 Å². The van der Waals surface area contributed by atoms with E-state index < -0.39 is 0 Å². The smallest absolute Gasteiger partial charge is 0.328 e. The Kier molecular flexibility index (Phi) is 4.75. The van der Waals surface area contributed by atoms with Gasteiger partial charge in [0.2, 0.25) is 0 Å². The molecule has 0 aliphatic rings. The number of ether oxygens (including phenoxy) is 2. The topological polar surface area (TPSA) is 57.1 Å². The zero-order valence-electron chi connectivity index (χ0n) is 14.5. The maximum absolute atomic E-state index is 5.85. The summed E-state index contributed by atoms with van der Waals surface area (Å²) >= 11 is 0. The van der Waals surface area contributed by atoms with E-state index in [1.54, 1.807) is 6.08 Å². The van der Waals surface area contributed by atoms with Crippen LogP contribution in [-0.2, 0) is 0 Å². The Labute approximate surface area is 147 Å². The number of hydrogen-bond acceptors (Lipinski definition) is 5. The number of benzene rings is 2. The first-order valence-electron chi connectivity index (χ1n) is 7.90. The van der Waals surface area contributed by atoms with Crippen LogP contribution in [0.25, 0.3) is 6.08 Å². The van der Waals surface area contributed by atoms with Crippen molar-refractivity contribution in [3.63, 3.8) is 0 Å². The van der Waals surface area contributed by atoms with Gasteiger partial charge in [-0.3, -0.25) is 0 Å². The van der Waals surface area contributed by atoms with Crippen molar-refractivity contribution in [2.75, 3.05) is 0 Å². The van der Waals surface area contributed by atoms with E-state index in [1.807, 2.05) is 38.1 Å². The molecule has 0 saturated heterocycles. The van der Waals surface area contributed by atoms with Crippen LogP contribution in [-0.4, -0.2) is 15.0 Å². The van der Waals surface area contributed by atoms with E-state index in [1.165, 1.54) is 11.9 Å². The van der Waals surface area contributed by atoms with Gasteiger partial charge in [0.25, 0.3) is 0 Å². The fraction of sp³-hybridized carbons (Fsp3) is 0.150. The standard InChI is InChI=1S/C20H19N3O2/c1-5-16-6-8-17(9-7-16)24-19-21-12-22-20(23-19)25-18-14(3)10-13(2)11-15(18)4/h5-12H,1H2,2-4H3. The second-order valence-electron chi connectivity index (χ2n) is 5.76. The van der Waals surface area contributed by atoms with Crippen LogP contribution in [0.5, 0.6) is 23.5 Å². The van der Waals surface area contributed by atoms with Crippen LogP contribution in [0, 0.1) is 20.8 Å². The average Bonchev–Trinajstić information content (AvgIpc) is 2.59. The minimum Gasteiger partial charge on any atom is -0.424 e. The molecule has 2 aromatic carbocycles. The molecular formula is C20H19N3O2. The molecule has 0 fully saturated rings. The summed E-state index contributed by atoms with van der Waals surface area (Å²) in [5, 5.41) is 0. The molecule has 0 unspecified atom stereocenters. The number of aryl methyl sites for hydroxylation is 3. The van der Waals surface area contributed by atoms with Crippen molar-refractivity contribution in [3.05, 3.63) is 71.6 Å². The fourth-order valence-electron chi connectivity index (χ4n) is 2.56. The number of rotatable bonds is 5. The first kappa shape index (κ1) is 16.6. The quantitative estimate of drug-likeness (QED) is 0.656. The highest BCUT2D eigenvalue weighted by Gasteiger charge is 2.10. The van der Waals surface area contributed by atoms with Gasteiger partial charge < -0.3 is 9.47 Å². The zero-order valence-corrected chi connectivity index (χ0v) is 14.5. The Bertz CT molecular complexity index is 882. The molecule has 5 nitrogen and oxygen atoms in total. The maximum atomic E-state index is 5.85. The summed E-state index contributed by atoms with van der Waals surface area (Å²) in [4.78, 5) is 12.3. The summed E-state index contributed by atoms with van der Waals surface area (Å²) in [6.45, 7) is 9.77. The van der Waals surface area contributed by atoms with Gasteiger partial charge in [-0.25, -0.2) is 0 Å². The lowest BCUT2D eigenvalue weighted by Gasteiger charge is -2.11. The van der Waals surface area contributed by atoms with E-state index in [-0.39, 0.29) is 12.0 Å². The minimum absolute atomic E-state index is 0.179. The fourth-order valence-corrected chi connectivity index (χ4v) is 2.56. The van der Waals surface area contributed by atoms with Crippen LogP contribution < -0.4 is 9.47 Å². The van der Waals surface area contributed by atoms with Gasteiger partial charge in [-0.15, -0.1) is 4.98 Å². The van der Waals surface area contributed by atoms with E-state index in [2.05, 4.69) is 40.6 Å². The highest BCUT2D eigenvalue weighted by molar-refractivity contribution is 5.48. The lowest BCUT2D eigenvalue weighted by Crippen LogP contribution is -1.99. The lowest BCUT2D eigenvalue weighted by molar-refractivity contribution is 0.394. The van der Waals surface area contributed by atoms with E-state index in [9.17, 15) is 0 Å². The third-order valence-electron chi connectivity index (χ3n) is 3.65. The predicted octanol–water partition coefficient (Wildman–Crippen LogP) is 5.02. The Morgan fingerprint density at radius 2 is 1.48 bits per heavy atom. The highest BCUT2D eigenvalue weighted by Crippen LogP contribution is 2.28. The monoisotopic (exact) mass is 333 g/mol. The molecule has 0 atom stereocenters. The average molecular weight is 333 g/mol. The van der Waals surface area contributed by atoms with E-state index in [0.29, 0.717) is 5.75 Å². The first-order chi connectivity index (χ1) is 12.0. The molecule has 5 heteroatoms. The van der Waals surface area contributed by atoms with Gasteiger partial charge in [0.15, 0.2) is 0 Å². The molecule has 0 bridgehead atoms. The summed E-state index contributed by atoms with van der Waals surface area (Å²) in [7, 11) is 0. The third kappa shape index (κ3) is 4.01. The summed E-state index contributed by atoms with van der Waals surface area (Å²) in [6, 6.07) is 12.0. The van der Waals surface area contributed by atoms with Gasteiger partial charge >= 0.3 is 12.0 Å². The van der Waals surface area contributed by atoms with Crippen molar-refractivity contribution in [1.29, 1.82) is 0 Å². The van der Waals surface area contributed by atoms with E-state index in [0.717, 1.165) is 22.4 Å². The maximum Gasteiger partial charge on any atom is 0.328 e. The Morgan fingerprint density at radius 1 is 0.880 bits per heavy atom. The van der Waals surface area contributed by atoms with Crippen LogP contribution in [0.15, 0.2) is 49.3 Å². The molecular weight excluding hydrogens is 314 g/mol. The number of hydrogen-bond donors (Lipinski definition) is 0. The summed E-state index contributed by atoms with van der Waals surface area (Å²) in [5.74, 6) is 1.38. The number of aromatic nitrogens is 3. The van der Waals surface area contributed by atoms with Gasteiger partial charge in [-0.1, -0.05) is 42.5 Å². The Morgan fingerprint density at radius 3 is 2.08 bits per heavy atom. The molecule has 1 aromatic heterocycles. The van der Waals surface area contributed by atoms with Gasteiger partial charge in [-0.05, 0) is 49.6 Å². The van der Waals surface area contributed by atoms with Crippen LogP contribution >= 0.6 is 0 Å². The first-order valence-corrected chi connectivity index (χ1v) is 7.90. The van der Waals surface area contributed by atoms with Crippen molar-refractivity contribution >= 4 is 6.08 Å². The van der Waals surface area contributed by atoms with Crippen molar-refractivity contribution < 1.29 is 9.47 Å². The van der Waals surface area contributed by atoms with Crippen LogP contribution in [0.1, 0.15) is 22.3 Å². The van der Waals surface area contributed by atoms with Crippen LogP contribution in [0.2, 0.25) is 0 Å². The second-order valence-corrected chi connectivity index (χ2v) is 5.76. The summed E-state index contributed by atoms with van der Waals surface area (Å²) < 4.78 is 11.5. The van der Waals surface area contributed by atoms with Crippen molar-refractivity contribution in [2.45, 2.75) is 20.8 Å². The largest absolute Gasteiger partial charge is 0.424 e. The van der Waals surface area contributed by atoms with Crippen molar-refractivity contribution in [3.8, 4) is 23.5 Å². The summed E-state index contributed by atoms with van der Waals surface area (Å²) in [6.07, 6.45) is 3.14. The molecule has 0 saturated carbocycles. The molecule has 0 amide bonds. The second kappa shape index (κ2) is 7.13. The van der Waals surface area contributed by atoms with Crippen LogP contribution in [0.3, 0.4) is 0 Å². The van der Waals surface area contributed by atoms with E-state index >= 15 is 0 Å². The summed E-state index contributed by atoms with van der Waals surface area (Å²) in [5.41, 5.74) is 4.25. The normalized spacial score (nSPS) is 10.4. The number of nitrogens with zero attached hydrogens (tertiary/aromatic N) is 3. The lowest BCUT2D eigenvalue weighted by atomic mass is 10.1. The van der Waals surface area contributed by atoms with E-state index in [4.69, 9.17) is 9.47 Å². The molecule has 0 aliphatic heterocycles. The minimum atomic E-state index is 0.179. The van der Waals surface area contributed by atoms with Crippen molar-refractivity contribution in [1.82, 2.24) is 15.0 Å². The SMILES string of the molecule is C=Cc1ccc(Oc2ncnc(Oc3c(C)cc(C)cc3C)n2)cc1. The van der Waals surface area contributed by atoms with Crippen LogP contribution in [0.4, 0.5) is 0 Å². The van der Waals surface area contributed by atoms with Gasteiger partial charge in [0, 0.05) is 0 Å². The molecule has 25 heavy (non-hydrogen) atoms. The highest BCUT2D eigenvalue weighted by atomic mass is 16.5. The van der Waals surface area contributed by atoms with Gasteiger partial charge in [0.1, 0.15) is 17.8 Å². The Hall–Kier alpha value is -3.21. The molecule has 0 spiro atoms. The molecule has 3 aromatic rings. The molecule has 0 aliphatic carbocycles. The molecule has 126 valence electrons. The Balaban J connectivity index is 1.80. The molecule has 0 radical (unpaired) electrons. The molecule has 3 rings (SSSR count). The third-order valence-corrected chi connectivity index (χ3v) is 3.65. The zero-order chi connectivity index (χ0) is 17.8. The van der Waals surface area contributed by atoms with Gasteiger partial charge in [-0.2, -0.15) is 9.97 Å². The van der Waals surface area contributed by atoms with Crippen molar-refractivity contribution in [2.24, 2.45) is 0 Å². The predicted molar refractivity (Wildman–Crippen MR) is 97.2 cm³/mol. The molecule has 1 heterocycles. The molecule has 0 N–H and O–H groups in total.